The third-order valence-electron chi connectivity index (χ3n) is 4.82. The molecule has 0 aliphatic rings. The van der Waals surface area contributed by atoms with Crippen molar-refractivity contribution in [1.82, 2.24) is 21.3 Å². The number of rotatable bonds is 23. The first kappa shape index (κ1) is 35.6. The smallest absolute Gasteiger partial charge is 0.336 e. The Labute approximate surface area is 223 Å². The van der Waals surface area contributed by atoms with Crippen LogP contribution in [0.15, 0.2) is 0 Å². The van der Waals surface area contributed by atoms with E-state index in [1.165, 1.54) is 0 Å². The summed E-state index contributed by atoms with van der Waals surface area (Å²) >= 11 is 0. The number of nitrogens with one attached hydrogen (secondary N) is 4. The Morgan fingerprint density at radius 2 is 0.897 bits per heavy atom. The van der Waals surface area contributed by atoms with Crippen LogP contribution in [-0.4, -0.2) is 86.7 Å². The molecular formula is C23H36N4O12. The van der Waals surface area contributed by atoms with Crippen LogP contribution in [0.5, 0.6) is 0 Å². The molecule has 0 rings (SSSR count). The molecule has 0 saturated carbocycles. The lowest BCUT2D eigenvalue weighted by Crippen LogP contribution is -2.61. The molecule has 0 aromatic carbocycles. The van der Waals surface area contributed by atoms with E-state index in [4.69, 9.17) is 0 Å². The Morgan fingerprint density at radius 3 is 1.28 bits per heavy atom. The fourth-order valence-electron chi connectivity index (χ4n) is 3.07. The summed E-state index contributed by atoms with van der Waals surface area (Å²) in [5.74, 6) is -4.83. The summed E-state index contributed by atoms with van der Waals surface area (Å²) in [6.07, 6.45) is 0.128. The van der Waals surface area contributed by atoms with Crippen molar-refractivity contribution in [2.24, 2.45) is 0 Å². The second-order valence-corrected chi connectivity index (χ2v) is 8.64. The number of hydrogen-bond acceptors (Lipinski definition) is 13. The lowest BCUT2D eigenvalue weighted by molar-refractivity contribution is -0.211. The van der Waals surface area contributed by atoms with Crippen molar-refractivity contribution < 1.29 is 58.8 Å². The van der Waals surface area contributed by atoms with Crippen molar-refractivity contribution in [3.63, 3.8) is 0 Å². The van der Waals surface area contributed by atoms with Gasteiger partial charge in [-0.05, 0) is 25.7 Å². The summed E-state index contributed by atoms with van der Waals surface area (Å²) in [5.41, 5.74) is 0. The van der Waals surface area contributed by atoms with Crippen molar-refractivity contribution in [1.29, 1.82) is 0 Å². The zero-order valence-corrected chi connectivity index (χ0v) is 21.4. The number of amides is 3. The van der Waals surface area contributed by atoms with Gasteiger partial charge < -0.3 is 30.0 Å². The number of carbonyl (C=O) groups excluding carboxylic acids is 8. The molecule has 0 radical (unpaired) electrons. The quantitative estimate of drug-likeness (QED) is 0.0267. The fourth-order valence-corrected chi connectivity index (χ4v) is 3.07. The van der Waals surface area contributed by atoms with E-state index in [2.05, 4.69) is 5.32 Å². The van der Waals surface area contributed by atoms with Crippen LogP contribution in [0.25, 0.3) is 0 Å². The van der Waals surface area contributed by atoms with E-state index in [-0.39, 0.29) is 64.3 Å². The highest BCUT2D eigenvalue weighted by molar-refractivity contribution is 6.00. The standard InChI is InChI=1S/C23H36N4O12/c28-11-5-2-8-17(31)13-19(33)25-22(36,37)24-10-4-1-7-16(30)14-20(34)26-23(38,39)27-21(35)15-18(32)9-3-6-12-29/h11-12,24,36-39H,1-10,13-15H2,(H,25,33)(H,26,34)(H,27,35). The van der Waals surface area contributed by atoms with Gasteiger partial charge in [-0.3, -0.25) is 44.7 Å². The number of carbonyl (C=O) groups is 8. The molecule has 8 N–H and O–H groups in total. The van der Waals surface area contributed by atoms with Gasteiger partial charge in [-0.1, -0.05) is 0 Å². The highest BCUT2D eigenvalue weighted by atomic mass is 16.6. The van der Waals surface area contributed by atoms with Gasteiger partial charge in [0.1, 0.15) is 29.9 Å². The summed E-state index contributed by atoms with van der Waals surface area (Å²) in [6, 6.07) is -6.03. The molecule has 0 aromatic heterocycles. The first-order valence-electron chi connectivity index (χ1n) is 12.2. The summed E-state index contributed by atoms with van der Waals surface area (Å²) in [5, 5.41) is 46.1. The van der Waals surface area contributed by atoms with Gasteiger partial charge in [0.25, 0.3) is 0 Å². The number of Topliss-reactive ketones (excluding diaryl/α,β-unsaturated/α-hetero) is 3. The maximum Gasteiger partial charge on any atom is 0.337 e. The summed E-state index contributed by atoms with van der Waals surface area (Å²) in [4.78, 5) is 90.8. The van der Waals surface area contributed by atoms with Crippen molar-refractivity contribution >= 4 is 47.6 Å². The van der Waals surface area contributed by atoms with Gasteiger partial charge in [0.05, 0.1) is 19.3 Å². The zero-order valence-electron chi connectivity index (χ0n) is 21.4. The van der Waals surface area contributed by atoms with E-state index in [1.807, 2.05) is 0 Å². The summed E-state index contributed by atoms with van der Waals surface area (Å²) in [7, 11) is 0. The van der Waals surface area contributed by atoms with Crippen LogP contribution in [0, 0.1) is 0 Å². The van der Waals surface area contributed by atoms with Crippen molar-refractivity contribution in [3.05, 3.63) is 0 Å². The lowest BCUT2D eigenvalue weighted by Gasteiger charge is -2.23. The van der Waals surface area contributed by atoms with Crippen LogP contribution in [-0.2, 0) is 38.4 Å². The minimum absolute atomic E-state index is 0.00695. The SMILES string of the molecule is O=CCCCC(=O)CC(=O)NC(O)(O)NCCCCC(=O)CC(=O)NC(O)(O)NC(=O)CC(=O)CCCC=O. The topological polar surface area (TPSA) is 266 Å². The molecule has 0 aliphatic carbocycles. The minimum Gasteiger partial charge on any atom is -0.336 e. The van der Waals surface area contributed by atoms with E-state index in [0.29, 0.717) is 12.6 Å². The molecule has 220 valence electrons. The molecule has 3 amide bonds. The molecule has 0 fully saturated rings. The monoisotopic (exact) mass is 560 g/mol. The van der Waals surface area contributed by atoms with E-state index in [9.17, 15) is 58.8 Å². The van der Waals surface area contributed by atoms with E-state index < -0.39 is 66.4 Å². The molecule has 16 heteroatoms. The van der Waals surface area contributed by atoms with Crippen LogP contribution in [0.3, 0.4) is 0 Å². The van der Waals surface area contributed by atoms with Gasteiger partial charge in [0.15, 0.2) is 0 Å². The summed E-state index contributed by atoms with van der Waals surface area (Å²) in [6.45, 7) is -0.0870. The molecule has 0 spiro atoms. The molecule has 39 heavy (non-hydrogen) atoms. The van der Waals surface area contributed by atoms with Crippen molar-refractivity contribution in [3.8, 4) is 0 Å². The van der Waals surface area contributed by atoms with Crippen LogP contribution in [0.4, 0.5) is 0 Å². The molecule has 16 nitrogen and oxygen atoms in total. The normalized spacial score (nSPS) is 11.3. The Bertz CT molecular complexity index is 888. The van der Waals surface area contributed by atoms with Crippen LogP contribution < -0.4 is 21.3 Å². The maximum absolute atomic E-state index is 11.9. The van der Waals surface area contributed by atoms with Gasteiger partial charge in [-0.15, -0.1) is 0 Å². The first-order chi connectivity index (χ1) is 18.2. The number of ketones is 3. The second kappa shape index (κ2) is 18.8. The maximum atomic E-state index is 11.9. The van der Waals surface area contributed by atoms with Crippen molar-refractivity contribution in [2.75, 3.05) is 6.54 Å². The molecule has 0 unspecified atom stereocenters. The van der Waals surface area contributed by atoms with E-state index in [1.54, 1.807) is 16.0 Å². The Hall–Kier alpha value is -3.44. The predicted molar refractivity (Wildman–Crippen MR) is 129 cm³/mol. The van der Waals surface area contributed by atoms with E-state index in [0.717, 1.165) is 0 Å². The third-order valence-corrected chi connectivity index (χ3v) is 4.82. The van der Waals surface area contributed by atoms with Crippen molar-refractivity contribution in [2.45, 2.75) is 89.1 Å². The Morgan fingerprint density at radius 1 is 0.538 bits per heavy atom. The number of unbranched alkanes of at least 4 members (excludes halogenated alkanes) is 3. The van der Waals surface area contributed by atoms with Gasteiger partial charge in [-0.2, -0.15) is 0 Å². The zero-order chi connectivity index (χ0) is 29.9. The van der Waals surface area contributed by atoms with Gasteiger partial charge in [-0.25, -0.2) is 5.32 Å². The van der Waals surface area contributed by atoms with Crippen LogP contribution in [0.2, 0.25) is 0 Å². The number of aliphatic hydroxyl groups is 4. The number of aldehydes is 2. The molecule has 0 aliphatic heterocycles. The van der Waals surface area contributed by atoms with E-state index >= 15 is 0 Å². The molecule has 0 saturated heterocycles. The largest absolute Gasteiger partial charge is 0.337 e. The first-order valence-corrected chi connectivity index (χ1v) is 12.2. The average molecular weight is 561 g/mol. The van der Waals surface area contributed by atoms with Gasteiger partial charge in [0, 0.05) is 38.6 Å². The average Bonchev–Trinajstić information content (AvgIpc) is 2.77. The molecule has 0 bridgehead atoms. The third kappa shape index (κ3) is 20.2. The molecular weight excluding hydrogens is 524 g/mol. The second-order valence-electron chi connectivity index (χ2n) is 8.64. The highest BCUT2D eigenvalue weighted by Gasteiger charge is 2.29. The number of hydrogen-bond donors (Lipinski definition) is 8. The fraction of sp³-hybridized carbons (Fsp3) is 0.652. The highest BCUT2D eigenvalue weighted by Crippen LogP contribution is 2.03. The summed E-state index contributed by atoms with van der Waals surface area (Å²) < 4.78 is 0. The lowest BCUT2D eigenvalue weighted by atomic mass is 10.1. The Kier molecular flexibility index (Phi) is 17.1. The Balaban J connectivity index is 4.22. The predicted octanol–water partition coefficient (Wildman–Crippen LogP) is -3.10. The van der Waals surface area contributed by atoms with Crippen LogP contribution in [0.1, 0.15) is 77.0 Å². The molecule has 0 atom stereocenters. The van der Waals surface area contributed by atoms with Gasteiger partial charge in [0.2, 0.25) is 17.7 Å². The molecule has 0 heterocycles. The minimum atomic E-state index is -3.21. The molecule has 0 aromatic rings. The van der Waals surface area contributed by atoms with Crippen LogP contribution >= 0.6 is 0 Å². The van der Waals surface area contributed by atoms with Gasteiger partial charge >= 0.3 is 12.1 Å².